The van der Waals surface area contributed by atoms with E-state index in [0.29, 0.717) is 0 Å². The average molecular weight is 287 g/mol. The first-order valence-electron chi connectivity index (χ1n) is 4.65. The summed E-state index contributed by atoms with van der Waals surface area (Å²) in [6.45, 7) is 1.91. The molecule has 0 radical (unpaired) electrons. The highest BCUT2D eigenvalue weighted by Gasteiger charge is 1.97. The number of nitrogens with one attached hydrogen (secondary N) is 1. The summed E-state index contributed by atoms with van der Waals surface area (Å²) in [5.74, 6) is 0. The molecule has 4 nitrogen and oxygen atoms in total. The topological polar surface area (TPSA) is 42.7 Å². The fourth-order valence-electron chi connectivity index (χ4n) is 1.21. The maximum atomic E-state index is 4.25. The summed E-state index contributed by atoms with van der Waals surface area (Å²) in [4.78, 5) is 8.24. The van der Waals surface area contributed by atoms with Crippen LogP contribution in [0.3, 0.4) is 0 Å². The van der Waals surface area contributed by atoms with Gasteiger partial charge in [-0.25, -0.2) is 9.97 Å². The molecule has 0 atom stereocenters. The van der Waals surface area contributed by atoms with Crippen LogP contribution in [0.2, 0.25) is 0 Å². The molecule has 2 aromatic rings. The Labute approximate surface area is 100 Å². The molecule has 2 aromatic heterocycles. The number of hydrogen-bond acceptors (Lipinski definition) is 4. The number of anilines is 1. The highest BCUT2D eigenvalue weighted by atomic mass is 79.9. The molecule has 80 valence electrons. The van der Waals surface area contributed by atoms with Crippen LogP contribution >= 0.6 is 27.3 Å². The summed E-state index contributed by atoms with van der Waals surface area (Å²) < 4.78 is 2.96. The van der Waals surface area contributed by atoms with Gasteiger partial charge in [-0.2, -0.15) is 0 Å². The van der Waals surface area contributed by atoms with Crippen LogP contribution in [0.15, 0.2) is 28.7 Å². The Morgan fingerprint density at radius 2 is 2.47 bits per heavy atom. The maximum Gasteiger partial charge on any atom is 0.183 e. The van der Waals surface area contributed by atoms with Gasteiger partial charge in [0, 0.05) is 30.9 Å². The quantitative estimate of drug-likeness (QED) is 0.860. The molecule has 6 heteroatoms. The molecule has 15 heavy (non-hydrogen) atoms. The van der Waals surface area contributed by atoms with Crippen molar-refractivity contribution in [2.75, 3.05) is 11.9 Å². The number of aromatic nitrogens is 3. The van der Waals surface area contributed by atoms with Crippen molar-refractivity contribution in [2.24, 2.45) is 0 Å². The predicted octanol–water partition coefficient (Wildman–Crippen LogP) is 2.60. The lowest BCUT2D eigenvalue weighted by molar-refractivity contribution is 0.660. The van der Waals surface area contributed by atoms with Gasteiger partial charge in [0.1, 0.15) is 4.60 Å². The van der Waals surface area contributed by atoms with Crippen LogP contribution in [0.4, 0.5) is 5.13 Å². The molecule has 2 rings (SSSR count). The normalized spacial score (nSPS) is 10.5. The maximum absolute atomic E-state index is 4.25. The molecule has 0 unspecified atom stereocenters. The summed E-state index contributed by atoms with van der Waals surface area (Å²) >= 11 is 4.93. The molecular formula is C9H11BrN4S. The van der Waals surface area contributed by atoms with Crippen molar-refractivity contribution in [3.05, 3.63) is 28.7 Å². The van der Waals surface area contributed by atoms with E-state index in [2.05, 4.69) is 35.8 Å². The lowest BCUT2D eigenvalue weighted by Gasteiger charge is -2.02. The van der Waals surface area contributed by atoms with Crippen molar-refractivity contribution in [1.82, 2.24) is 14.5 Å². The predicted molar refractivity (Wildman–Crippen MR) is 65.1 cm³/mol. The van der Waals surface area contributed by atoms with Gasteiger partial charge in [-0.1, -0.05) is 0 Å². The smallest absolute Gasteiger partial charge is 0.183 e. The van der Waals surface area contributed by atoms with Crippen molar-refractivity contribution in [3.8, 4) is 0 Å². The standard InChI is InChI=1S/C9H11BrN4S/c10-8-6-15-9(13-8)12-2-1-4-14-5-3-11-7-14/h3,5-7H,1-2,4H2,(H,12,13). The summed E-state index contributed by atoms with van der Waals surface area (Å²) in [7, 11) is 0. The molecule has 0 saturated carbocycles. The third-order valence-corrected chi connectivity index (χ3v) is 3.41. The first kappa shape index (κ1) is 10.6. The van der Waals surface area contributed by atoms with Crippen molar-refractivity contribution in [2.45, 2.75) is 13.0 Å². The second kappa shape index (κ2) is 5.27. The van der Waals surface area contributed by atoms with Crippen LogP contribution in [0, 0.1) is 0 Å². The van der Waals surface area contributed by atoms with Crippen LogP contribution in [-0.4, -0.2) is 21.1 Å². The Morgan fingerprint density at radius 3 is 3.13 bits per heavy atom. The summed E-state index contributed by atoms with van der Waals surface area (Å²) in [5.41, 5.74) is 0. The summed E-state index contributed by atoms with van der Waals surface area (Å²) in [5, 5.41) is 6.21. The SMILES string of the molecule is Brc1csc(NCCCn2ccnc2)n1. The van der Waals surface area contributed by atoms with Gasteiger partial charge in [-0.15, -0.1) is 11.3 Å². The van der Waals surface area contributed by atoms with Gasteiger partial charge in [0.2, 0.25) is 0 Å². The van der Waals surface area contributed by atoms with E-state index in [1.54, 1.807) is 17.5 Å². The van der Waals surface area contributed by atoms with Gasteiger partial charge in [-0.05, 0) is 22.4 Å². The molecule has 0 aromatic carbocycles. The van der Waals surface area contributed by atoms with E-state index in [1.165, 1.54) is 0 Å². The number of hydrogen-bond donors (Lipinski definition) is 1. The summed E-state index contributed by atoms with van der Waals surface area (Å²) in [6.07, 6.45) is 6.67. The van der Waals surface area contributed by atoms with Gasteiger partial charge in [0.15, 0.2) is 5.13 Å². The van der Waals surface area contributed by atoms with E-state index >= 15 is 0 Å². The van der Waals surface area contributed by atoms with E-state index in [0.717, 1.165) is 29.2 Å². The molecule has 0 aliphatic carbocycles. The largest absolute Gasteiger partial charge is 0.361 e. The molecule has 0 bridgehead atoms. The van der Waals surface area contributed by atoms with Crippen molar-refractivity contribution in [3.63, 3.8) is 0 Å². The van der Waals surface area contributed by atoms with E-state index in [9.17, 15) is 0 Å². The van der Waals surface area contributed by atoms with Gasteiger partial charge in [0.25, 0.3) is 0 Å². The molecule has 0 aliphatic rings. The molecular weight excluding hydrogens is 276 g/mol. The minimum Gasteiger partial charge on any atom is -0.361 e. The zero-order valence-corrected chi connectivity index (χ0v) is 10.5. The van der Waals surface area contributed by atoms with E-state index in [4.69, 9.17) is 0 Å². The van der Waals surface area contributed by atoms with Crippen LogP contribution < -0.4 is 5.32 Å². The average Bonchev–Trinajstić information content (AvgIpc) is 2.84. The number of thiazole rings is 1. The highest BCUT2D eigenvalue weighted by Crippen LogP contribution is 2.19. The van der Waals surface area contributed by atoms with Crippen molar-refractivity contribution < 1.29 is 0 Å². The Bertz CT molecular complexity index is 398. The lowest BCUT2D eigenvalue weighted by atomic mass is 10.4. The minimum atomic E-state index is 0.893. The Kier molecular flexibility index (Phi) is 3.74. The summed E-state index contributed by atoms with van der Waals surface area (Å²) in [6, 6.07) is 0. The Balaban J connectivity index is 1.67. The van der Waals surface area contributed by atoms with Crippen LogP contribution in [-0.2, 0) is 6.54 Å². The number of nitrogens with zero attached hydrogens (tertiary/aromatic N) is 3. The van der Waals surface area contributed by atoms with E-state index in [1.807, 2.05) is 17.9 Å². The third-order valence-electron chi connectivity index (χ3n) is 1.90. The van der Waals surface area contributed by atoms with Crippen molar-refractivity contribution in [1.29, 1.82) is 0 Å². The zero-order chi connectivity index (χ0) is 10.5. The van der Waals surface area contributed by atoms with Crippen LogP contribution in [0.1, 0.15) is 6.42 Å². The third kappa shape index (κ3) is 3.32. The Morgan fingerprint density at radius 1 is 1.53 bits per heavy atom. The number of aryl methyl sites for hydroxylation is 1. The molecule has 0 fully saturated rings. The zero-order valence-electron chi connectivity index (χ0n) is 8.06. The molecule has 0 amide bonds. The first-order chi connectivity index (χ1) is 7.34. The molecule has 0 saturated heterocycles. The number of imidazole rings is 1. The van der Waals surface area contributed by atoms with Crippen LogP contribution in [0.5, 0.6) is 0 Å². The number of halogens is 1. The minimum absolute atomic E-state index is 0.893. The Hall–Kier alpha value is -0.880. The monoisotopic (exact) mass is 286 g/mol. The fraction of sp³-hybridized carbons (Fsp3) is 0.333. The molecule has 1 N–H and O–H groups in total. The van der Waals surface area contributed by atoms with Gasteiger partial charge >= 0.3 is 0 Å². The molecule has 2 heterocycles. The van der Waals surface area contributed by atoms with Gasteiger partial charge in [0.05, 0.1) is 6.33 Å². The lowest BCUT2D eigenvalue weighted by Crippen LogP contribution is -2.05. The van der Waals surface area contributed by atoms with E-state index in [-0.39, 0.29) is 0 Å². The van der Waals surface area contributed by atoms with Gasteiger partial charge in [-0.3, -0.25) is 0 Å². The first-order valence-corrected chi connectivity index (χ1v) is 6.32. The van der Waals surface area contributed by atoms with Crippen LogP contribution in [0.25, 0.3) is 0 Å². The fourth-order valence-corrected chi connectivity index (χ4v) is 2.38. The van der Waals surface area contributed by atoms with Crippen molar-refractivity contribution >= 4 is 32.4 Å². The highest BCUT2D eigenvalue weighted by molar-refractivity contribution is 9.10. The number of rotatable bonds is 5. The van der Waals surface area contributed by atoms with E-state index < -0.39 is 0 Å². The second-order valence-corrected chi connectivity index (χ2v) is 4.73. The second-order valence-electron chi connectivity index (χ2n) is 3.06. The molecule has 0 spiro atoms. The molecule has 0 aliphatic heterocycles. The van der Waals surface area contributed by atoms with Gasteiger partial charge < -0.3 is 9.88 Å².